The molecule has 18 heavy (non-hydrogen) atoms. The number of nitrogens with one attached hydrogen (secondary N) is 1. The maximum atomic E-state index is 12.9. The Labute approximate surface area is 107 Å². The van der Waals surface area contributed by atoms with Gasteiger partial charge in [0, 0.05) is 13.1 Å². The molecule has 0 saturated carbocycles. The highest BCUT2D eigenvalue weighted by Crippen LogP contribution is 2.31. The van der Waals surface area contributed by atoms with Crippen molar-refractivity contribution in [2.24, 2.45) is 0 Å². The van der Waals surface area contributed by atoms with Gasteiger partial charge in [0.25, 0.3) is 0 Å². The van der Waals surface area contributed by atoms with Gasteiger partial charge in [-0.05, 0) is 37.0 Å². The summed E-state index contributed by atoms with van der Waals surface area (Å²) in [5.74, 6) is -0.237. The number of carbonyl (C=O) groups is 1. The zero-order valence-corrected chi connectivity index (χ0v) is 10.7. The van der Waals surface area contributed by atoms with E-state index in [2.05, 4.69) is 5.32 Å². The van der Waals surface area contributed by atoms with Crippen LogP contribution in [0.25, 0.3) is 0 Å². The fourth-order valence-electron chi connectivity index (χ4n) is 2.37. The molecule has 0 aliphatic carbocycles. The minimum Gasteiger partial charge on any atom is -0.338 e. The number of hydrogen-bond acceptors (Lipinski definition) is 1. The van der Waals surface area contributed by atoms with Crippen molar-refractivity contribution in [3.63, 3.8) is 0 Å². The molecular weight excluding hydrogens is 231 g/mol. The number of hydrogen-bond donors (Lipinski definition) is 1. The second-order valence-electron chi connectivity index (χ2n) is 4.63. The van der Waals surface area contributed by atoms with E-state index >= 15 is 0 Å². The predicted octanol–water partition coefficient (Wildman–Crippen LogP) is 3.08. The lowest BCUT2D eigenvalue weighted by atomic mass is 10.0. The van der Waals surface area contributed by atoms with E-state index in [1.165, 1.54) is 12.1 Å². The molecule has 0 unspecified atom stereocenters. The number of amides is 2. The first-order valence-electron chi connectivity index (χ1n) is 6.52. The van der Waals surface area contributed by atoms with Crippen LogP contribution >= 0.6 is 0 Å². The van der Waals surface area contributed by atoms with E-state index < -0.39 is 0 Å². The van der Waals surface area contributed by atoms with Gasteiger partial charge >= 0.3 is 6.03 Å². The number of carbonyl (C=O) groups excluding carboxylic acids is 1. The summed E-state index contributed by atoms with van der Waals surface area (Å²) in [7, 11) is 0. The van der Waals surface area contributed by atoms with Crippen LogP contribution in [0.5, 0.6) is 0 Å². The van der Waals surface area contributed by atoms with E-state index in [0.29, 0.717) is 6.54 Å². The van der Waals surface area contributed by atoms with Crippen molar-refractivity contribution in [1.29, 1.82) is 0 Å². The lowest BCUT2D eigenvalue weighted by Gasteiger charge is -2.25. The maximum absolute atomic E-state index is 12.9. The molecule has 0 radical (unpaired) electrons. The highest BCUT2D eigenvalue weighted by Gasteiger charge is 2.29. The van der Waals surface area contributed by atoms with Crippen LogP contribution < -0.4 is 5.32 Å². The lowest BCUT2D eigenvalue weighted by Crippen LogP contribution is -2.39. The molecule has 3 nitrogen and oxygen atoms in total. The van der Waals surface area contributed by atoms with Gasteiger partial charge in [0.2, 0.25) is 0 Å². The normalized spacial score (nSPS) is 19.0. The molecule has 98 valence electrons. The van der Waals surface area contributed by atoms with Crippen LogP contribution in [0, 0.1) is 5.82 Å². The molecular formula is C14H19FN2O. The van der Waals surface area contributed by atoms with Crippen molar-refractivity contribution in [2.45, 2.75) is 32.2 Å². The summed E-state index contributed by atoms with van der Waals surface area (Å²) in [6.07, 6.45) is 2.88. The number of nitrogens with zero attached hydrogens (tertiary/aromatic N) is 1. The van der Waals surface area contributed by atoms with Crippen LogP contribution in [0.3, 0.4) is 0 Å². The average Bonchev–Trinajstić information content (AvgIpc) is 2.86. The zero-order chi connectivity index (χ0) is 13.0. The van der Waals surface area contributed by atoms with E-state index in [0.717, 1.165) is 31.4 Å². The molecule has 1 aliphatic rings. The number of halogens is 1. The van der Waals surface area contributed by atoms with Crippen LogP contribution in [0.15, 0.2) is 24.3 Å². The summed E-state index contributed by atoms with van der Waals surface area (Å²) in [4.78, 5) is 13.8. The Morgan fingerprint density at radius 1 is 1.44 bits per heavy atom. The van der Waals surface area contributed by atoms with Crippen LogP contribution in [-0.4, -0.2) is 24.0 Å². The van der Waals surface area contributed by atoms with E-state index in [4.69, 9.17) is 0 Å². The van der Waals surface area contributed by atoms with Crippen LogP contribution in [0.2, 0.25) is 0 Å². The van der Waals surface area contributed by atoms with Gasteiger partial charge in [-0.2, -0.15) is 0 Å². The molecule has 0 spiro atoms. The smallest absolute Gasteiger partial charge is 0.317 e. The Kier molecular flexibility index (Phi) is 4.18. The number of benzene rings is 1. The standard InChI is InChI=1S/C14H19FN2O/c1-2-9-16-14(18)17-10-3-4-13(17)11-5-7-12(15)8-6-11/h5-8,13H,2-4,9-10H2,1H3,(H,16,18)/t13-/m0/s1. The zero-order valence-electron chi connectivity index (χ0n) is 10.7. The second kappa shape index (κ2) is 5.85. The van der Waals surface area contributed by atoms with E-state index in [9.17, 15) is 9.18 Å². The van der Waals surface area contributed by atoms with E-state index in [1.807, 2.05) is 11.8 Å². The fourth-order valence-corrected chi connectivity index (χ4v) is 2.37. The molecule has 2 rings (SSSR count). The topological polar surface area (TPSA) is 32.3 Å². The molecule has 0 aromatic heterocycles. The van der Waals surface area contributed by atoms with Gasteiger partial charge in [0.1, 0.15) is 5.82 Å². The highest BCUT2D eigenvalue weighted by atomic mass is 19.1. The van der Waals surface area contributed by atoms with Gasteiger partial charge in [-0.3, -0.25) is 0 Å². The molecule has 1 fully saturated rings. The molecule has 2 amide bonds. The van der Waals surface area contributed by atoms with Gasteiger partial charge in [-0.15, -0.1) is 0 Å². The molecule has 4 heteroatoms. The molecule has 1 aromatic rings. The van der Waals surface area contributed by atoms with Crippen LogP contribution in [0.4, 0.5) is 9.18 Å². The number of urea groups is 1. The van der Waals surface area contributed by atoms with Crippen molar-refractivity contribution in [2.75, 3.05) is 13.1 Å². The Morgan fingerprint density at radius 3 is 2.83 bits per heavy atom. The third kappa shape index (κ3) is 2.81. The number of rotatable bonds is 3. The monoisotopic (exact) mass is 250 g/mol. The summed E-state index contributed by atoms with van der Waals surface area (Å²) in [5.41, 5.74) is 1.01. The SMILES string of the molecule is CCCNC(=O)N1CCC[C@H]1c1ccc(F)cc1. The summed E-state index contributed by atoms with van der Waals surface area (Å²) in [6, 6.07) is 6.52. The van der Waals surface area contributed by atoms with Gasteiger partial charge in [-0.25, -0.2) is 9.18 Å². The van der Waals surface area contributed by atoms with Crippen molar-refractivity contribution in [3.05, 3.63) is 35.6 Å². The van der Waals surface area contributed by atoms with E-state index in [-0.39, 0.29) is 17.9 Å². The second-order valence-corrected chi connectivity index (χ2v) is 4.63. The Hall–Kier alpha value is -1.58. The van der Waals surface area contributed by atoms with Crippen LogP contribution in [-0.2, 0) is 0 Å². The van der Waals surface area contributed by atoms with Gasteiger partial charge in [0.05, 0.1) is 6.04 Å². The summed E-state index contributed by atoms with van der Waals surface area (Å²) < 4.78 is 12.9. The van der Waals surface area contributed by atoms with Crippen LogP contribution in [0.1, 0.15) is 37.8 Å². The predicted molar refractivity (Wildman–Crippen MR) is 68.8 cm³/mol. The molecule has 1 saturated heterocycles. The van der Waals surface area contributed by atoms with Gasteiger partial charge in [-0.1, -0.05) is 19.1 Å². The minimum atomic E-state index is -0.237. The fraction of sp³-hybridized carbons (Fsp3) is 0.500. The van der Waals surface area contributed by atoms with Gasteiger partial charge < -0.3 is 10.2 Å². The van der Waals surface area contributed by atoms with Crippen molar-refractivity contribution < 1.29 is 9.18 Å². The van der Waals surface area contributed by atoms with Crippen molar-refractivity contribution in [3.8, 4) is 0 Å². The first-order valence-corrected chi connectivity index (χ1v) is 6.52. The lowest BCUT2D eigenvalue weighted by molar-refractivity contribution is 0.193. The quantitative estimate of drug-likeness (QED) is 0.878. The highest BCUT2D eigenvalue weighted by molar-refractivity contribution is 5.75. The Morgan fingerprint density at radius 2 is 2.17 bits per heavy atom. The van der Waals surface area contributed by atoms with Crippen molar-refractivity contribution in [1.82, 2.24) is 10.2 Å². The summed E-state index contributed by atoms with van der Waals surface area (Å²) >= 11 is 0. The molecule has 0 bridgehead atoms. The molecule has 1 heterocycles. The average molecular weight is 250 g/mol. The Balaban J connectivity index is 2.07. The largest absolute Gasteiger partial charge is 0.338 e. The van der Waals surface area contributed by atoms with Gasteiger partial charge in [0.15, 0.2) is 0 Å². The maximum Gasteiger partial charge on any atom is 0.317 e. The van der Waals surface area contributed by atoms with E-state index in [1.54, 1.807) is 12.1 Å². The molecule has 1 aliphatic heterocycles. The minimum absolute atomic E-state index is 0.0105. The number of likely N-dealkylation sites (tertiary alicyclic amines) is 1. The molecule has 1 atom stereocenters. The molecule has 1 aromatic carbocycles. The summed E-state index contributed by atoms with van der Waals surface area (Å²) in [6.45, 7) is 3.50. The Bertz CT molecular complexity index is 405. The first kappa shape index (κ1) is 12.9. The summed E-state index contributed by atoms with van der Waals surface area (Å²) in [5, 5.41) is 2.90. The third-order valence-electron chi connectivity index (χ3n) is 3.29. The van der Waals surface area contributed by atoms with Crippen molar-refractivity contribution >= 4 is 6.03 Å². The first-order chi connectivity index (χ1) is 8.72. The third-order valence-corrected chi connectivity index (χ3v) is 3.29. The molecule has 1 N–H and O–H groups in total.